The number of carbonyl (C=O) groups excluding carboxylic acids is 2. The second-order valence-corrected chi connectivity index (χ2v) is 5.33. The largest absolute Gasteiger partial charge is 0.342 e. The molecule has 1 aromatic rings. The van der Waals surface area contributed by atoms with Crippen molar-refractivity contribution in [2.45, 2.75) is 39.0 Å². The van der Waals surface area contributed by atoms with E-state index in [-0.39, 0.29) is 18.2 Å². The van der Waals surface area contributed by atoms with Crippen LogP contribution in [-0.2, 0) is 9.59 Å². The molecule has 0 aromatic heterocycles. The van der Waals surface area contributed by atoms with Gasteiger partial charge in [0.2, 0.25) is 11.8 Å². The molecule has 0 radical (unpaired) electrons. The topological polar surface area (TPSA) is 49.4 Å². The summed E-state index contributed by atoms with van der Waals surface area (Å²) in [4.78, 5) is 25.9. The third-order valence-corrected chi connectivity index (χ3v) is 3.69. The Morgan fingerprint density at radius 1 is 1.10 bits per heavy atom. The van der Waals surface area contributed by atoms with Gasteiger partial charge in [-0.1, -0.05) is 31.0 Å². The highest BCUT2D eigenvalue weighted by Gasteiger charge is 2.18. The number of anilines is 1. The number of nitrogens with zero attached hydrogens (tertiary/aromatic N) is 1. The van der Waals surface area contributed by atoms with E-state index >= 15 is 0 Å². The number of benzene rings is 1. The summed E-state index contributed by atoms with van der Waals surface area (Å²) in [6.45, 7) is 3.51. The molecule has 0 spiro atoms. The number of para-hydroxylation sites is 1. The Balaban J connectivity index is 1.87. The van der Waals surface area contributed by atoms with E-state index in [0.717, 1.165) is 37.2 Å². The lowest BCUT2D eigenvalue weighted by atomic mass is 10.2. The fourth-order valence-electron chi connectivity index (χ4n) is 2.48. The molecule has 0 saturated carbocycles. The van der Waals surface area contributed by atoms with Crippen LogP contribution in [0.2, 0.25) is 0 Å². The number of hydrogen-bond acceptors (Lipinski definition) is 2. The van der Waals surface area contributed by atoms with Gasteiger partial charge in [0, 0.05) is 18.8 Å². The predicted molar refractivity (Wildman–Crippen MR) is 79.5 cm³/mol. The Bertz CT molecular complexity index is 477. The van der Waals surface area contributed by atoms with Crippen molar-refractivity contribution in [3.63, 3.8) is 0 Å². The molecule has 0 aliphatic carbocycles. The molecule has 1 heterocycles. The predicted octanol–water partition coefficient (Wildman–Crippen LogP) is 2.73. The average molecular weight is 274 g/mol. The first-order valence-electron chi connectivity index (χ1n) is 7.30. The molecule has 108 valence electrons. The van der Waals surface area contributed by atoms with Gasteiger partial charge in [-0.25, -0.2) is 0 Å². The van der Waals surface area contributed by atoms with Crippen LogP contribution in [0.25, 0.3) is 0 Å². The summed E-state index contributed by atoms with van der Waals surface area (Å²) in [5.41, 5.74) is 1.78. The zero-order chi connectivity index (χ0) is 14.4. The molecule has 0 atom stereocenters. The smallest absolute Gasteiger partial charge is 0.233 e. The zero-order valence-corrected chi connectivity index (χ0v) is 12.0. The van der Waals surface area contributed by atoms with Crippen molar-refractivity contribution in [3.05, 3.63) is 29.8 Å². The van der Waals surface area contributed by atoms with Crippen molar-refractivity contribution in [2.24, 2.45) is 0 Å². The first kappa shape index (κ1) is 14.6. The first-order chi connectivity index (χ1) is 9.66. The maximum Gasteiger partial charge on any atom is 0.233 e. The minimum Gasteiger partial charge on any atom is -0.342 e. The lowest BCUT2D eigenvalue weighted by Crippen LogP contribution is -2.34. The summed E-state index contributed by atoms with van der Waals surface area (Å²) < 4.78 is 0. The normalized spacial score (nSPS) is 15.6. The Hall–Kier alpha value is -1.84. The van der Waals surface area contributed by atoms with Gasteiger partial charge in [0.05, 0.1) is 0 Å². The van der Waals surface area contributed by atoms with E-state index in [4.69, 9.17) is 0 Å². The molecule has 2 rings (SSSR count). The van der Waals surface area contributed by atoms with Crippen LogP contribution >= 0.6 is 0 Å². The summed E-state index contributed by atoms with van der Waals surface area (Å²) in [6, 6.07) is 7.59. The minimum absolute atomic E-state index is 0.0574. The van der Waals surface area contributed by atoms with Crippen LogP contribution in [0.1, 0.15) is 37.7 Å². The summed E-state index contributed by atoms with van der Waals surface area (Å²) >= 11 is 0. The highest BCUT2D eigenvalue weighted by atomic mass is 16.2. The summed E-state index contributed by atoms with van der Waals surface area (Å²) in [5, 5.41) is 2.81. The summed E-state index contributed by atoms with van der Waals surface area (Å²) in [7, 11) is 0. The monoisotopic (exact) mass is 274 g/mol. The fourth-order valence-corrected chi connectivity index (χ4v) is 2.48. The maximum atomic E-state index is 12.1. The van der Waals surface area contributed by atoms with Gasteiger partial charge in [-0.2, -0.15) is 0 Å². The van der Waals surface area contributed by atoms with Gasteiger partial charge in [-0.3, -0.25) is 9.59 Å². The molecule has 1 fully saturated rings. The van der Waals surface area contributed by atoms with Crippen molar-refractivity contribution in [1.29, 1.82) is 0 Å². The maximum absolute atomic E-state index is 12.1. The van der Waals surface area contributed by atoms with E-state index in [9.17, 15) is 9.59 Å². The van der Waals surface area contributed by atoms with E-state index in [0.29, 0.717) is 0 Å². The molecule has 1 aliphatic rings. The molecule has 0 bridgehead atoms. The number of likely N-dealkylation sites (tertiary alicyclic amines) is 1. The second-order valence-electron chi connectivity index (χ2n) is 5.33. The average Bonchev–Trinajstić information content (AvgIpc) is 2.70. The third-order valence-electron chi connectivity index (χ3n) is 3.69. The first-order valence-corrected chi connectivity index (χ1v) is 7.30. The van der Waals surface area contributed by atoms with E-state index in [1.165, 1.54) is 12.8 Å². The van der Waals surface area contributed by atoms with Crippen LogP contribution in [0, 0.1) is 6.92 Å². The second kappa shape index (κ2) is 7.08. The van der Waals surface area contributed by atoms with Crippen molar-refractivity contribution in [1.82, 2.24) is 4.90 Å². The van der Waals surface area contributed by atoms with E-state index in [1.807, 2.05) is 36.1 Å². The van der Waals surface area contributed by atoms with Crippen LogP contribution in [0.3, 0.4) is 0 Å². The van der Waals surface area contributed by atoms with Crippen LogP contribution < -0.4 is 5.32 Å². The standard InChI is InChI=1S/C16H22N2O2/c1-13-8-4-5-9-14(13)17-15(19)12-16(20)18-10-6-2-3-7-11-18/h4-5,8-9H,2-3,6-7,10-12H2,1H3,(H,17,19). The number of rotatable bonds is 3. The number of carbonyl (C=O) groups is 2. The Kier molecular flexibility index (Phi) is 5.16. The molecule has 2 amide bonds. The van der Waals surface area contributed by atoms with E-state index < -0.39 is 0 Å². The molecule has 4 nitrogen and oxygen atoms in total. The molecule has 1 aromatic carbocycles. The number of nitrogens with one attached hydrogen (secondary N) is 1. The summed E-state index contributed by atoms with van der Waals surface area (Å²) in [5.74, 6) is -0.286. The van der Waals surface area contributed by atoms with Crippen LogP contribution in [0.15, 0.2) is 24.3 Å². The third kappa shape index (κ3) is 4.08. The van der Waals surface area contributed by atoms with Crippen LogP contribution in [0.5, 0.6) is 0 Å². The molecule has 1 saturated heterocycles. The number of amides is 2. The molecule has 0 unspecified atom stereocenters. The highest BCUT2D eigenvalue weighted by Crippen LogP contribution is 2.14. The number of hydrogen-bond donors (Lipinski definition) is 1. The van der Waals surface area contributed by atoms with Gasteiger partial charge in [-0.15, -0.1) is 0 Å². The minimum atomic E-state index is -0.228. The molecule has 4 heteroatoms. The quantitative estimate of drug-likeness (QED) is 0.862. The highest BCUT2D eigenvalue weighted by molar-refractivity contribution is 6.03. The Morgan fingerprint density at radius 3 is 2.40 bits per heavy atom. The Labute approximate surface area is 120 Å². The van der Waals surface area contributed by atoms with Crippen molar-refractivity contribution in [3.8, 4) is 0 Å². The van der Waals surface area contributed by atoms with E-state index in [1.54, 1.807) is 0 Å². The van der Waals surface area contributed by atoms with Gasteiger partial charge in [0.25, 0.3) is 0 Å². The van der Waals surface area contributed by atoms with Crippen LogP contribution in [0.4, 0.5) is 5.69 Å². The number of aryl methyl sites for hydroxylation is 1. The Morgan fingerprint density at radius 2 is 1.75 bits per heavy atom. The fraction of sp³-hybridized carbons (Fsp3) is 0.500. The van der Waals surface area contributed by atoms with Crippen LogP contribution in [-0.4, -0.2) is 29.8 Å². The SMILES string of the molecule is Cc1ccccc1NC(=O)CC(=O)N1CCCCCC1. The van der Waals surface area contributed by atoms with Crippen molar-refractivity contribution >= 4 is 17.5 Å². The van der Waals surface area contributed by atoms with Gasteiger partial charge in [0.1, 0.15) is 6.42 Å². The molecular formula is C16H22N2O2. The lowest BCUT2D eigenvalue weighted by Gasteiger charge is -2.20. The van der Waals surface area contributed by atoms with Gasteiger partial charge < -0.3 is 10.2 Å². The summed E-state index contributed by atoms with van der Waals surface area (Å²) in [6.07, 6.45) is 4.39. The lowest BCUT2D eigenvalue weighted by molar-refractivity contribution is -0.134. The van der Waals surface area contributed by atoms with Crippen molar-refractivity contribution < 1.29 is 9.59 Å². The van der Waals surface area contributed by atoms with Gasteiger partial charge in [-0.05, 0) is 31.4 Å². The molecule has 1 N–H and O–H groups in total. The van der Waals surface area contributed by atoms with Crippen molar-refractivity contribution in [2.75, 3.05) is 18.4 Å². The zero-order valence-electron chi connectivity index (χ0n) is 12.0. The van der Waals surface area contributed by atoms with Gasteiger partial charge in [0.15, 0.2) is 0 Å². The van der Waals surface area contributed by atoms with Gasteiger partial charge >= 0.3 is 0 Å². The molecular weight excluding hydrogens is 252 g/mol. The van der Waals surface area contributed by atoms with E-state index in [2.05, 4.69) is 5.32 Å². The molecule has 20 heavy (non-hydrogen) atoms. The molecule has 1 aliphatic heterocycles.